The molecule has 0 fully saturated rings. The number of rotatable bonds is 2. The van der Waals surface area contributed by atoms with Gasteiger partial charge >= 0.3 is 0 Å². The molecule has 1 N–H and O–H groups in total. The van der Waals surface area contributed by atoms with Crippen LogP contribution >= 0.6 is 0 Å². The predicted molar refractivity (Wildman–Crippen MR) is 52.3 cm³/mol. The minimum Gasteiger partial charge on any atom is -0.322 e. The van der Waals surface area contributed by atoms with Crippen LogP contribution in [0.25, 0.3) is 0 Å². The van der Waals surface area contributed by atoms with E-state index in [1.54, 1.807) is 37.5 Å². The average molecular weight is 176 g/mol. The van der Waals surface area contributed by atoms with E-state index in [9.17, 15) is 4.79 Å². The summed E-state index contributed by atoms with van der Waals surface area (Å²) in [7, 11) is 0. The highest BCUT2D eigenvalue weighted by Gasteiger charge is 2.01. The maximum atomic E-state index is 11.3. The zero-order chi connectivity index (χ0) is 9.68. The van der Waals surface area contributed by atoms with Gasteiger partial charge in [-0.3, -0.25) is 9.78 Å². The van der Waals surface area contributed by atoms with E-state index in [2.05, 4.69) is 10.3 Å². The van der Waals surface area contributed by atoms with Gasteiger partial charge in [-0.2, -0.15) is 0 Å². The minimum absolute atomic E-state index is 0.0753. The third-order valence-corrected chi connectivity index (χ3v) is 1.73. The van der Waals surface area contributed by atoms with Gasteiger partial charge in [0.05, 0.1) is 0 Å². The van der Waals surface area contributed by atoms with Crippen LogP contribution in [0.2, 0.25) is 0 Å². The number of nitrogens with zero attached hydrogens (tertiary/aromatic N) is 1. The topological polar surface area (TPSA) is 42.0 Å². The summed E-state index contributed by atoms with van der Waals surface area (Å²) in [4.78, 5) is 15.2. The Balaban J connectivity index is 2.66. The van der Waals surface area contributed by atoms with E-state index in [0.29, 0.717) is 5.57 Å². The molecular formula is C10H12N2O. The first kappa shape index (κ1) is 9.45. The lowest BCUT2D eigenvalue weighted by Gasteiger charge is -2.03. The summed E-state index contributed by atoms with van der Waals surface area (Å²) in [5.74, 6) is -0.0753. The van der Waals surface area contributed by atoms with Crippen molar-refractivity contribution in [3.8, 4) is 0 Å². The molecular weight excluding hydrogens is 164 g/mol. The van der Waals surface area contributed by atoms with Crippen molar-refractivity contribution < 1.29 is 4.79 Å². The van der Waals surface area contributed by atoms with E-state index in [-0.39, 0.29) is 5.91 Å². The van der Waals surface area contributed by atoms with Gasteiger partial charge < -0.3 is 5.32 Å². The largest absolute Gasteiger partial charge is 0.322 e. The smallest absolute Gasteiger partial charge is 0.250 e. The molecule has 3 heteroatoms. The number of hydrogen-bond donors (Lipinski definition) is 1. The molecule has 1 heterocycles. The Labute approximate surface area is 77.5 Å². The Hall–Kier alpha value is -1.64. The second kappa shape index (κ2) is 4.40. The van der Waals surface area contributed by atoms with Crippen LogP contribution in [0.4, 0.5) is 5.69 Å². The zero-order valence-corrected chi connectivity index (χ0v) is 7.74. The molecule has 1 aromatic rings. The van der Waals surface area contributed by atoms with Crippen LogP contribution in [0.3, 0.4) is 0 Å². The summed E-state index contributed by atoms with van der Waals surface area (Å²) in [5, 5.41) is 2.75. The van der Waals surface area contributed by atoms with Gasteiger partial charge in [0, 0.05) is 23.7 Å². The van der Waals surface area contributed by atoms with E-state index in [1.165, 1.54) is 0 Å². The fourth-order valence-electron chi connectivity index (χ4n) is 0.796. The number of nitrogens with one attached hydrogen (secondary N) is 1. The van der Waals surface area contributed by atoms with Crippen LogP contribution in [-0.4, -0.2) is 10.9 Å². The number of allylic oxidation sites excluding steroid dienone is 1. The van der Waals surface area contributed by atoms with Gasteiger partial charge in [0.15, 0.2) is 0 Å². The van der Waals surface area contributed by atoms with E-state index in [0.717, 1.165) is 5.69 Å². The third kappa shape index (κ3) is 2.71. The number of amides is 1. The van der Waals surface area contributed by atoms with Gasteiger partial charge in [0.2, 0.25) is 0 Å². The summed E-state index contributed by atoms with van der Waals surface area (Å²) >= 11 is 0. The number of carbonyl (C=O) groups excluding carboxylic acids is 1. The van der Waals surface area contributed by atoms with Crippen LogP contribution in [0.1, 0.15) is 13.8 Å². The van der Waals surface area contributed by atoms with Gasteiger partial charge in [-0.1, -0.05) is 6.08 Å². The molecule has 3 nitrogen and oxygen atoms in total. The Kier molecular flexibility index (Phi) is 3.20. The second-order valence-corrected chi connectivity index (χ2v) is 2.66. The van der Waals surface area contributed by atoms with Crippen molar-refractivity contribution in [2.75, 3.05) is 5.32 Å². The number of carbonyl (C=O) groups is 1. The van der Waals surface area contributed by atoms with Crippen molar-refractivity contribution in [1.29, 1.82) is 0 Å². The lowest BCUT2D eigenvalue weighted by Crippen LogP contribution is -2.12. The molecule has 0 aromatic carbocycles. The van der Waals surface area contributed by atoms with Gasteiger partial charge in [-0.15, -0.1) is 0 Å². The van der Waals surface area contributed by atoms with E-state index in [4.69, 9.17) is 0 Å². The van der Waals surface area contributed by atoms with Crippen LogP contribution in [0.5, 0.6) is 0 Å². The molecule has 0 atom stereocenters. The fraction of sp³-hybridized carbons (Fsp3) is 0.200. The fourth-order valence-corrected chi connectivity index (χ4v) is 0.796. The lowest BCUT2D eigenvalue weighted by molar-refractivity contribution is -0.112. The van der Waals surface area contributed by atoms with Crippen LogP contribution < -0.4 is 5.32 Å². The normalized spacial score (nSPS) is 11.1. The minimum atomic E-state index is -0.0753. The van der Waals surface area contributed by atoms with Crippen molar-refractivity contribution >= 4 is 11.6 Å². The molecule has 0 aliphatic rings. The summed E-state index contributed by atoms with van der Waals surface area (Å²) in [6, 6.07) is 3.50. The van der Waals surface area contributed by atoms with Gasteiger partial charge in [-0.25, -0.2) is 0 Å². The van der Waals surface area contributed by atoms with Crippen molar-refractivity contribution in [2.45, 2.75) is 13.8 Å². The second-order valence-electron chi connectivity index (χ2n) is 2.66. The molecule has 1 rings (SSSR count). The van der Waals surface area contributed by atoms with Crippen LogP contribution in [0.15, 0.2) is 36.2 Å². The number of hydrogen-bond acceptors (Lipinski definition) is 2. The Morgan fingerprint density at radius 2 is 2.08 bits per heavy atom. The monoisotopic (exact) mass is 176 g/mol. The summed E-state index contributed by atoms with van der Waals surface area (Å²) in [5.41, 5.74) is 1.47. The van der Waals surface area contributed by atoms with E-state index < -0.39 is 0 Å². The maximum Gasteiger partial charge on any atom is 0.250 e. The van der Waals surface area contributed by atoms with Crippen molar-refractivity contribution in [3.05, 3.63) is 36.2 Å². The lowest BCUT2D eigenvalue weighted by atomic mass is 10.2. The standard InChI is InChI=1S/C10H12N2O/c1-3-8(2)10(13)12-9-4-6-11-7-5-9/h3-7H,1-2H3,(H,11,12,13)/b8-3-. The first-order valence-corrected chi connectivity index (χ1v) is 4.08. The molecule has 68 valence electrons. The molecule has 0 saturated heterocycles. The molecule has 0 saturated carbocycles. The highest BCUT2D eigenvalue weighted by Crippen LogP contribution is 2.05. The predicted octanol–water partition coefficient (Wildman–Crippen LogP) is 1.99. The van der Waals surface area contributed by atoms with Crippen molar-refractivity contribution in [2.24, 2.45) is 0 Å². The molecule has 0 aliphatic carbocycles. The highest BCUT2D eigenvalue weighted by atomic mass is 16.1. The van der Waals surface area contributed by atoms with Crippen LogP contribution in [0, 0.1) is 0 Å². The SMILES string of the molecule is C/C=C(/C)C(=O)Nc1ccncc1. The highest BCUT2D eigenvalue weighted by molar-refractivity contribution is 6.03. The Morgan fingerprint density at radius 3 is 2.62 bits per heavy atom. The van der Waals surface area contributed by atoms with E-state index >= 15 is 0 Å². The number of pyridine rings is 1. The molecule has 0 radical (unpaired) electrons. The molecule has 0 bridgehead atoms. The quantitative estimate of drug-likeness (QED) is 0.700. The van der Waals surface area contributed by atoms with Crippen molar-refractivity contribution in [1.82, 2.24) is 4.98 Å². The van der Waals surface area contributed by atoms with E-state index in [1.807, 2.05) is 6.92 Å². The zero-order valence-electron chi connectivity index (χ0n) is 7.74. The van der Waals surface area contributed by atoms with Crippen LogP contribution in [-0.2, 0) is 4.79 Å². The third-order valence-electron chi connectivity index (χ3n) is 1.73. The summed E-state index contributed by atoms with van der Waals surface area (Å²) in [6.07, 6.45) is 5.05. The first-order chi connectivity index (χ1) is 6.24. The Morgan fingerprint density at radius 1 is 1.46 bits per heavy atom. The number of anilines is 1. The maximum absolute atomic E-state index is 11.3. The van der Waals surface area contributed by atoms with Gasteiger partial charge in [-0.05, 0) is 26.0 Å². The summed E-state index contributed by atoms with van der Waals surface area (Å²) in [6.45, 7) is 3.61. The molecule has 0 unspecified atom stereocenters. The number of aromatic nitrogens is 1. The molecule has 1 aromatic heterocycles. The first-order valence-electron chi connectivity index (χ1n) is 4.08. The average Bonchev–Trinajstić information content (AvgIpc) is 2.18. The van der Waals surface area contributed by atoms with Gasteiger partial charge in [0.25, 0.3) is 5.91 Å². The molecule has 0 spiro atoms. The van der Waals surface area contributed by atoms with Crippen molar-refractivity contribution in [3.63, 3.8) is 0 Å². The molecule has 13 heavy (non-hydrogen) atoms. The van der Waals surface area contributed by atoms with Gasteiger partial charge in [0.1, 0.15) is 0 Å². The summed E-state index contributed by atoms with van der Waals surface area (Å²) < 4.78 is 0. The molecule has 0 aliphatic heterocycles. The molecule has 1 amide bonds. The Bertz CT molecular complexity index is 317.